The van der Waals surface area contributed by atoms with Gasteiger partial charge in [0.1, 0.15) is 5.75 Å². The van der Waals surface area contributed by atoms with Crippen molar-refractivity contribution in [2.45, 2.75) is 24.8 Å². The highest BCUT2D eigenvalue weighted by atomic mass is 35.5. The minimum absolute atomic E-state index is 0.265. The quantitative estimate of drug-likeness (QED) is 0.759. The Labute approximate surface area is 166 Å². The van der Waals surface area contributed by atoms with Gasteiger partial charge in [0, 0.05) is 31.2 Å². The summed E-state index contributed by atoms with van der Waals surface area (Å²) < 4.78 is 32.7. The Kier molecular flexibility index (Phi) is 6.42. The highest BCUT2D eigenvalue weighted by molar-refractivity contribution is 7.89. The van der Waals surface area contributed by atoms with E-state index in [1.165, 1.54) is 5.56 Å². The molecule has 0 saturated carbocycles. The number of halogens is 1. The van der Waals surface area contributed by atoms with Gasteiger partial charge in [-0.1, -0.05) is 29.8 Å². The van der Waals surface area contributed by atoms with Crippen LogP contribution in [0.1, 0.15) is 17.5 Å². The van der Waals surface area contributed by atoms with Gasteiger partial charge in [0.15, 0.2) is 0 Å². The maximum Gasteiger partial charge on any atom is 0.243 e. The number of hydrogen-bond donors (Lipinski definition) is 0. The summed E-state index contributed by atoms with van der Waals surface area (Å²) in [5, 5.41) is 0.479. The number of nitrogens with zero attached hydrogens (tertiary/aromatic N) is 2. The van der Waals surface area contributed by atoms with Crippen LogP contribution in [-0.4, -0.2) is 50.9 Å². The Morgan fingerprint density at radius 3 is 2.44 bits per heavy atom. The molecule has 27 heavy (non-hydrogen) atoms. The Morgan fingerprint density at radius 1 is 1.04 bits per heavy atom. The molecule has 0 unspecified atom stereocenters. The minimum atomic E-state index is -3.52. The molecule has 2 aromatic carbocycles. The van der Waals surface area contributed by atoms with Crippen LogP contribution in [0.2, 0.25) is 5.02 Å². The molecule has 1 heterocycles. The molecular formula is C20H25ClN2O3S. The normalized spacial score (nSPS) is 16.9. The summed E-state index contributed by atoms with van der Waals surface area (Å²) >= 11 is 6.13. The molecule has 0 spiro atoms. The first-order chi connectivity index (χ1) is 12.9. The molecule has 0 atom stereocenters. The second-order valence-corrected chi connectivity index (χ2v) is 9.14. The average molecular weight is 409 g/mol. The van der Waals surface area contributed by atoms with Crippen LogP contribution < -0.4 is 4.74 Å². The average Bonchev–Trinajstić information content (AvgIpc) is 2.90. The largest absolute Gasteiger partial charge is 0.497 e. The predicted molar refractivity (Wildman–Crippen MR) is 108 cm³/mol. The molecule has 1 aliphatic rings. The molecule has 0 N–H and O–H groups in total. The molecule has 0 amide bonds. The fourth-order valence-corrected chi connectivity index (χ4v) is 4.96. The highest BCUT2D eigenvalue weighted by Crippen LogP contribution is 2.24. The second kappa shape index (κ2) is 8.61. The lowest BCUT2D eigenvalue weighted by Crippen LogP contribution is -2.35. The Bertz CT molecular complexity index is 885. The van der Waals surface area contributed by atoms with Gasteiger partial charge in [-0.3, -0.25) is 4.90 Å². The van der Waals surface area contributed by atoms with Crippen LogP contribution in [0, 0.1) is 6.92 Å². The molecule has 146 valence electrons. The number of benzene rings is 2. The van der Waals surface area contributed by atoms with E-state index in [4.69, 9.17) is 16.3 Å². The van der Waals surface area contributed by atoms with E-state index in [1.54, 1.807) is 29.6 Å². The van der Waals surface area contributed by atoms with Crippen LogP contribution in [0.5, 0.6) is 5.75 Å². The molecule has 2 aromatic rings. The molecule has 0 aliphatic carbocycles. The van der Waals surface area contributed by atoms with Gasteiger partial charge in [-0.15, -0.1) is 0 Å². The third-order valence-corrected chi connectivity index (χ3v) is 7.20. The van der Waals surface area contributed by atoms with Crippen molar-refractivity contribution in [1.82, 2.24) is 9.21 Å². The van der Waals surface area contributed by atoms with Gasteiger partial charge >= 0.3 is 0 Å². The number of hydrogen-bond acceptors (Lipinski definition) is 4. The second-order valence-electron chi connectivity index (χ2n) is 6.79. The van der Waals surface area contributed by atoms with E-state index in [-0.39, 0.29) is 4.90 Å². The first kappa shape index (κ1) is 20.1. The van der Waals surface area contributed by atoms with Crippen molar-refractivity contribution in [1.29, 1.82) is 0 Å². The van der Waals surface area contributed by atoms with Crippen molar-refractivity contribution < 1.29 is 13.2 Å². The number of rotatable bonds is 5. The van der Waals surface area contributed by atoms with Crippen LogP contribution in [-0.2, 0) is 16.6 Å². The van der Waals surface area contributed by atoms with Crippen molar-refractivity contribution >= 4 is 21.6 Å². The van der Waals surface area contributed by atoms with Gasteiger partial charge in [-0.2, -0.15) is 4.31 Å². The third-order valence-electron chi connectivity index (χ3n) is 4.89. The van der Waals surface area contributed by atoms with Gasteiger partial charge in [-0.25, -0.2) is 8.42 Å². The summed E-state index contributed by atoms with van der Waals surface area (Å²) in [6, 6.07) is 12.9. The zero-order valence-electron chi connectivity index (χ0n) is 15.7. The number of aryl methyl sites for hydroxylation is 1. The molecule has 0 bridgehead atoms. The molecule has 1 fully saturated rings. The smallest absolute Gasteiger partial charge is 0.243 e. The van der Waals surface area contributed by atoms with Crippen molar-refractivity contribution in [3.8, 4) is 5.75 Å². The summed E-state index contributed by atoms with van der Waals surface area (Å²) in [7, 11) is -1.87. The summed E-state index contributed by atoms with van der Waals surface area (Å²) in [6.45, 7) is 5.23. The first-order valence-corrected chi connectivity index (χ1v) is 10.8. The molecule has 0 radical (unpaired) electrons. The van der Waals surface area contributed by atoms with Crippen LogP contribution in [0.3, 0.4) is 0 Å². The lowest BCUT2D eigenvalue weighted by molar-refractivity contribution is 0.278. The molecule has 1 aliphatic heterocycles. The Balaban J connectivity index is 1.67. The molecule has 3 rings (SSSR count). The maximum atomic E-state index is 13.0. The summed E-state index contributed by atoms with van der Waals surface area (Å²) in [4.78, 5) is 2.56. The van der Waals surface area contributed by atoms with Gasteiger partial charge in [-0.05, 0) is 55.3 Å². The monoisotopic (exact) mass is 408 g/mol. The molecule has 5 nitrogen and oxygen atoms in total. The van der Waals surface area contributed by atoms with E-state index in [2.05, 4.69) is 4.90 Å². The van der Waals surface area contributed by atoms with E-state index in [9.17, 15) is 8.42 Å². The zero-order valence-corrected chi connectivity index (χ0v) is 17.3. The summed E-state index contributed by atoms with van der Waals surface area (Å²) in [6.07, 6.45) is 0.801. The lowest BCUT2D eigenvalue weighted by atomic mass is 10.2. The zero-order chi connectivity index (χ0) is 19.4. The molecule has 1 saturated heterocycles. The Morgan fingerprint density at radius 2 is 1.78 bits per heavy atom. The standard InChI is InChI=1S/C20H25ClN2O3S/c1-16-4-9-19(14-20(16)21)27(24,25)23-11-3-10-22(12-13-23)15-17-5-7-18(26-2)8-6-17/h4-9,14H,3,10-13,15H2,1-2H3. The SMILES string of the molecule is COc1ccc(CN2CCCN(S(=O)(=O)c3ccc(C)c(Cl)c3)CC2)cc1. The van der Waals surface area contributed by atoms with Crippen LogP contribution in [0.25, 0.3) is 0 Å². The maximum absolute atomic E-state index is 13.0. The van der Waals surface area contributed by atoms with E-state index in [1.807, 2.05) is 31.2 Å². The number of ether oxygens (including phenoxy) is 1. The van der Waals surface area contributed by atoms with E-state index >= 15 is 0 Å². The fraction of sp³-hybridized carbons (Fsp3) is 0.400. The van der Waals surface area contributed by atoms with Gasteiger partial charge < -0.3 is 4.74 Å². The van der Waals surface area contributed by atoms with E-state index < -0.39 is 10.0 Å². The third kappa shape index (κ3) is 4.82. The molecular weight excluding hydrogens is 384 g/mol. The number of methoxy groups -OCH3 is 1. The first-order valence-electron chi connectivity index (χ1n) is 9.02. The summed E-state index contributed by atoms with van der Waals surface area (Å²) in [5.74, 6) is 0.837. The van der Waals surface area contributed by atoms with Crippen LogP contribution in [0.15, 0.2) is 47.4 Å². The van der Waals surface area contributed by atoms with Gasteiger partial charge in [0.05, 0.1) is 12.0 Å². The highest BCUT2D eigenvalue weighted by Gasteiger charge is 2.27. The van der Waals surface area contributed by atoms with Gasteiger partial charge in [0.2, 0.25) is 10.0 Å². The summed E-state index contributed by atoms with van der Waals surface area (Å²) in [5.41, 5.74) is 2.06. The van der Waals surface area contributed by atoms with Crippen molar-refractivity contribution in [3.05, 3.63) is 58.6 Å². The minimum Gasteiger partial charge on any atom is -0.497 e. The van der Waals surface area contributed by atoms with Crippen molar-refractivity contribution in [3.63, 3.8) is 0 Å². The Hall–Kier alpha value is -1.60. The lowest BCUT2D eigenvalue weighted by Gasteiger charge is -2.22. The molecule has 7 heteroatoms. The van der Waals surface area contributed by atoms with Crippen molar-refractivity contribution in [2.24, 2.45) is 0 Å². The predicted octanol–water partition coefficient (Wildman–Crippen LogP) is 3.55. The fourth-order valence-electron chi connectivity index (χ4n) is 3.22. The topological polar surface area (TPSA) is 49.9 Å². The van der Waals surface area contributed by atoms with E-state index in [0.717, 1.165) is 30.8 Å². The van der Waals surface area contributed by atoms with E-state index in [0.29, 0.717) is 24.7 Å². The van der Waals surface area contributed by atoms with Crippen LogP contribution in [0.4, 0.5) is 0 Å². The molecule has 0 aromatic heterocycles. The number of sulfonamides is 1. The van der Waals surface area contributed by atoms with Gasteiger partial charge in [0.25, 0.3) is 0 Å². The van der Waals surface area contributed by atoms with Crippen molar-refractivity contribution in [2.75, 3.05) is 33.3 Å². The van der Waals surface area contributed by atoms with Crippen LogP contribution >= 0.6 is 11.6 Å².